The van der Waals surface area contributed by atoms with Gasteiger partial charge in [0.05, 0.1) is 0 Å². The lowest BCUT2D eigenvalue weighted by molar-refractivity contribution is 0.792. The minimum Gasteiger partial charge on any atom is -0.356 e. The molecule has 2 aromatic rings. The fourth-order valence-corrected chi connectivity index (χ4v) is 2.34. The van der Waals surface area contributed by atoms with Crippen LogP contribution in [-0.4, -0.2) is 24.5 Å². The first-order valence-electron chi connectivity index (χ1n) is 7.28. The Bertz CT molecular complexity index is 646. The topological polar surface area (TPSA) is 49.3 Å². The largest absolute Gasteiger partial charge is 0.356 e. The number of aryl methyl sites for hydroxylation is 1. The second-order valence-corrected chi connectivity index (χ2v) is 5.40. The first kappa shape index (κ1) is 19.7. The molecule has 0 saturated heterocycles. The first-order valence-corrected chi connectivity index (χ1v) is 7.66. The second kappa shape index (κ2) is 10.4. The maximum Gasteiger partial charge on any atom is 0.191 e. The predicted molar refractivity (Wildman–Crippen MR) is 108 cm³/mol. The van der Waals surface area contributed by atoms with Crippen LogP contribution in [0.2, 0.25) is 5.02 Å². The number of nitrogens with one attached hydrogen (secondary N) is 2. The van der Waals surface area contributed by atoms with E-state index in [1.54, 1.807) is 7.05 Å². The molecule has 1 aromatic heterocycles. The second-order valence-electron chi connectivity index (χ2n) is 5.00. The number of pyridine rings is 1. The Morgan fingerprint density at radius 2 is 1.96 bits per heavy atom. The van der Waals surface area contributed by atoms with Gasteiger partial charge in [-0.2, -0.15) is 0 Å². The molecule has 1 aromatic carbocycles. The van der Waals surface area contributed by atoms with E-state index in [1.807, 2.05) is 36.7 Å². The monoisotopic (exact) mass is 444 g/mol. The van der Waals surface area contributed by atoms with Gasteiger partial charge in [-0.15, -0.1) is 24.0 Å². The maximum absolute atomic E-state index is 6.15. The quantitative estimate of drug-likeness (QED) is 0.421. The van der Waals surface area contributed by atoms with Crippen molar-refractivity contribution in [1.29, 1.82) is 0 Å². The Morgan fingerprint density at radius 3 is 2.65 bits per heavy atom. The van der Waals surface area contributed by atoms with Crippen LogP contribution in [0.25, 0.3) is 0 Å². The number of benzene rings is 1. The molecule has 0 saturated carbocycles. The van der Waals surface area contributed by atoms with E-state index in [0.29, 0.717) is 6.54 Å². The molecule has 0 unspecified atom stereocenters. The molecule has 0 bridgehead atoms. The van der Waals surface area contributed by atoms with E-state index in [0.717, 1.165) is 29.5 Å². The molecule has 124 valence electrons. The normalized spacial score (nSPS) is 10.8. The van der Waals surface area contributed by atoms with E-state index >= 15 is 0 Å². The van der Waals surface area contributed by atoms with Gasteiger partial charge >= 0.3 is 0 Å². The van der Waals surface area contributed by atoms with Crippen LogP contribution in [0.4, 0.5) is 0 Å². The van der Waals surface area contributed by atoms with Gasteiger partial charge in [0.1, 0.15) is 0 Å². The average molecular weight is 445 g/mol. The number of rotatable bonds is 5. The number of hydrogen-bond acceptors (Lipinski definition) is 2. The standard InChI is InChI=1S/C17H21ClN4.HI/c1-13-11-20-9-7-14(13)8-10-21-17(19-2)22-12-15-5-3-4-6-16(15)18;/h3-7,9,11H,8,10,12H2,1-2H3,(H2,19,21,22);1H. The van der Waals surface area contributed by atoms with Crippen molar-refractivity contribution in [3.05, 3.63) is 64.4 Å². The van der Waals surface area contributed by atoms with Crippen LogP contribution in [0, 0.1) is 6.92 Å². The Balaban J connectivity index is 0.00000264. The van der Waals surface area contributed by atoms with Crippen molar-refractivity contribution in [3.63, 3.8) is 0 Å². The Morgan fingerprint density at radius 1 is 1.17 bits per heavy atom. The third-order valence-corrected chi connectivity index (χ3v) is 3.82. The maximum atomic E-state index is 6.15. The molecule has 0 spiro atoms. The van der Waals surface area contributed by atoms with E-state index in [1.165, 1.54) is 11.1 Å². The third kappa shape index (κ3) is 6.35. The van der Waals surface area contributed by atoms with Crippen LogP contribution in [0.5, 0.6) is 0 Å². The van der Waals surface area contributed by atoms with Crippen LogP contribution in [0.15, 0.2) is 47.7 Å². The zero-order valence-electron chi connectivity index (χ0n) is 13.3. The summed E-state index contributed by atoms with van der Waals surface area (Å²) in [6.45, 7) is 3.54. The minimum atomic E-state index is 0. The molecule has 0 aliphatic heterocycles. The summed E-state index contributed by atoms with van der Waals surface area (Å²) in [6, 6.07) is 9.85. The fourth-order valence-electron chi connectivity index (χ4n) is 2.14. The van der Waals surface area contributed by atoms with Crippen molar-refractivity contribution in [3.8, 4) is 0 Å². The van der Waals surface area contributed by atoms with Gasteiger partial charge in [0.15, 0.2) is 5.96 Å². The van der Waals surface area contributed by atoms with E-state index < -0.39 is 0 Å². The van der Waals surface area contributed by atoms with Gasteiger partial charge in [-0.3, -0.25) is 9.98 Å². The highest BCUT2D eigenvalue weighted by Crippen LogP contribution is 2.14. The van der Waals surface area contributed by atoms with E-state index in [-0.39, 0.29) is 24.0 Å². The van der Waals surface area contributed by atoms with Crippen molar-refractivity contribution in [2.45, 2.75) is 19.9 Å². The number of nitrogens with zero attached hydrogens (tertiary/aromatic N) is 2. The van der Waals surface area contributed by atoms with Gasteiger partial charge < -0.3 is 10.6 Å². The highest BCUT2D eigenvalue weighted by Gasteiger charge is 2.02. The predicted octanol–water partition coefficient (Wildman–Crippen LogP) is 3.57. The van der Waals surface area contributed by atoms with Crippen LogP contribution in [0.1, 0.15) is 16.7 Å². The van der Waals surface area contributed by atoms with Crippen LogP contribution in [0.3, 0.4) is 0 Å². The van der Waals surface area contributed by atoms with E-state index in [2.05, 4.69) is 33.6 Å². The molecule has 0 amide bonds. The van der Waals surface area contributed by atoms with Crippen LogP contribution < -0.4 is 10.6 Å². The molecule has 6 heteroatoms. The SMILES string of the molecule is CN=C(NCCc1ccncc1C)NCc1ccccc1Cl.I. The first-order chi connectivity index (χ1) is 10.7. The third-order valence-electron chi connectivity index (χ3n) is 3.45. The number of halogens is 2. The molecule has 0 radical (unpaired) electrons. The summed E-state index contributed by atoms with van der Waals surface area (Å²) in [5.41, 5.74) is 3.56. The number of aromatic nitrogens is 1. The van der Waals surface area contributed by atoms with Gasteiger partial charge in [0.2, 0.25) is 0 Å². The zero-order valence-corrected chi connectivity index (χ0v) is 16.4. The lowest BCUT2D eigenvalue weighted by atomic mass is 10.1. The smallest absolute Gasteiger partial charge is 0.191 e. The molecule has 0 atom stereocenters. The fraction of sp³-hybridized carbons (Fsp3) is 0.294. The van der Waals surface area contributed by atoms with Gasteiger partial charge in [-0.05, 0) is 42.2 Å². The van der Waals surface area contributed by atoms with Crippen LogP contribution >= 0.6 is 35.6 Å². The van der Waals surface area contributed by atoms with Crippen molar-refractivity contribution in [1.82, 2.24) is 15.6 Å². The summed E-state index contributed by atoms with van der Waals surface area (Å²) in [6.07, 6.45) is 4.65. The highest BCUT2D eigenvalue weighted by molar-refractivity contribution is 14.0. The summed E-state index contributed by atoms with van der Waals surface area (Å²) in [4.78, 5) is 8.33. The minimum absolute atomic E-state index is 0. The average Bonchev–Trinajstić information content (AvgIpc) is 2.54. The van der Waals surface area contributed by atoms with Crippen molar-refractivity contribution in [2.75, 3.05) is 13.6 Å². The Kier molecular flexibility index (Phi) is 8.94. The lowest BCUT2D eigenvalue weighted by Crippen LogP contribution is -2.37. The highest BCUT2D eigenvalue weighted by atomic mass is 127. The van der Waals surface area contributed by atoms with Crippen LogP contribution in [-0.2, 0) is 13.0 Å². The van der Waals surface area contributed by atoms with Gasteiger partial charge in [-0.25, -0.2) is 0 Å². The molecule has 23 heavy (non-hydrogen) atoms. The lowest BCUT2D eigenvalue weighted by Gasteiger charge is -2.13. The molecular formula is C17H22ClIN4. The van der Waals surface area contributed by atoms with Crippen molar-refractivity contribution < 1.29 is 0 Å². The van der Waals surface area contributed by atoms with Crippen molar-refractivity contribution >= 4 is 41.5 Å². The molecule has 0 aliphatic rings. The van der Waals surface area contributed by atoms with E-state index in [4.69, 9.17) is 11.6 Å². The molecule has 0 fully saturated rings. The number of guanidine groups is 1. The Labute approximate surface area is 159 Å². The molecule has 0 aliphatic carbocycles. The molecule has 4 nitrogen and oxygen atoms in total. The number of aliphatic imine (C=N–C) groups is 1. The number of hydrogen-bond donors (Lipinski definition) is 2. The van der Waals surface area contributed by atoms with Crippen molar-refractivity contribution in [2.24, 2.45) is 4.99 Å². The molecular weight excluding hydrogens is 423 g/mol. The summed E-state index contributed by atoms with van der Waals surface area (Å²) in [5, 5.41) is 7.34. The summed E-state index contributed by atoms with van der Waals surface area (Å²) in [5.74, 6) is 0.770. The van der Waals surface area contributed by atoms with E-state index in [9.17, 15) is 0 Å². The molecule has 2 rings (SSSR count). The summed E-state index contributed by atoms with van der Waals surface area (Å²) < 4.78 is 0. The Hall–Kier alpha value is -1.34. The van der Waals surface area contributed by atoms with Gasteiger partial charge in [0.25, 0.3) is 0 Å². The summed E-state index contributed by atoms with van der Waals surface area (Å²) >= 11 is 6.15. The molecule has 1 heterocycles. The van der Waals surface area contributed by atoms with Gasteiger partial charge in [-0.1, -0.05) is 29.8 Å². The molecule has 2 N–H and O–H groups in total. The zero-order chi connectivity index (χ0) is 15.8. The summed E-state index contributed by atoms with van der Waals surface area (Å²) in [7, 11) is 1.76. The van der Waals surface area contributed by atoms with Gasteiger partial charge in [0, 0.05) is 37.6 Å².